The van der Waals surface area contributed by atoms with Crippen LogP contribution in [-0.2, 0) is 14.3 Å². The van der Waals surface area contributed by atoms with Gasteiger partial charge in [-0.15, -0.1) is 0 Å². The Labute approximate surface area is 123 Å². The molecule has 112 valence electrons. The second-order valence-electron chi connectivity index (χ2n) is 4.83. The van der Waals surface area contributed by atoms with E-state index in [1.54, 1.807) is 29.2 Å². The number of esters is 1. The standard InChI is InChI=1S/C15H18N2O4/c1-3-16-14(19)10-4-6-12(7-5-10)17-9-11(8-13(17)18)15(20)21-2/h4-7,11H,3,8-9H2,1-2H3,(H,16,19). The summed E-state index contributed by atoms with van der Waals surface area (Å²) in [7, 11) is 1.32. The van der Waals surface area contributed by atoms with Gasteiger partial charge >= 0.3 is 5.97 Å². The van der Waals surface area contributed by atoms with Crippen molar-refractivity contribution in [2.24, 2.45) is 5.92 Å². The van der Waals surface area contributed by atoms with Gasteiger partial charge in [-0.2, -0.15) is 0 Å². The Morgan fingerprint density at radius 3 is 2.57 bits per heavy atom. The summed E-state index contributed by atoms with van der Waals surface area (Å²) < 4.78 is 4.67. The smallest absolute Gasteiger partial charge is 0.311 e. The third-order valence-corrected chi connectivity index (χ3v) is 3.44. The summed E-state index contributed by atoms with van der Waals surface area (Å²) in [4.78, 5) is 36.7. The molecule has 1 fully saturated rings. The molecule has 0 saturated carbocycles. The number of nitrogens with one attached hydrogen (secondary N) is 1. The summed E-state index contributed by atoms with van der Waals surface area (Å²) in [6, 6.07) is 6.75. The molecule has 1 aromatic rings. The molecule has 0 radical (unpaired) electrons. The molecule has 1 aliphatic heterocycles. The minimum Gasteiger partial charge on any atom is -0.469 e. The van der Waals surface area contributed by atoms with Crippen LogP contribution >= 0.6 is 0 Å². The zero-order chi connectivity index (χ0) is 15.4. The van der Waals surface area contributed by atoms with Crippen LogP contribution in [0.4, 0.5) is 5.69 Å². The fraction of sp³-hybridized carbons (Fsp3) is 0.400. The predicted octanol–water partition coefficient (Wildman–Crippen LogP) is 0.962. The molecule has 6 heteroatoms. The van der Waals surface area contributed by atoms with Crippen molar-refractivity contribution in [1.82, 2.24) is 5.32 Å². The maximum atomic E-state index is 12.0. The average Bonchev–Trinajstić information content (AvgIpc) is 2.89. The number of hydrogen-bond acceptors (Lipinski definition) is 4. The van der Waals surface area contributed by atoms with Crippen molar-refractivity contribution in [2.75, 3.05) is 25.1 Å². The number of methoxy groups -OCH3 is 1. The lowest BCUT2D eigenvalue weighted by molar-refractivity contribution is -0.145. The van der Waals surface area contributed by atoms with E-state index in [4.69, 9.17) is 0 Å². The van der Waals surface area contributed by atoms with E-state index in [1.807, 2.05) is 6.92 Å². The van der Waals surface area contributed by atoms with Crippen molar-refractivity contribution in [3.05, 3.63) is 29.8 Å². The van der Waals surface area contributed by atoms with Gasteiger partial charge in [0.05, 0.1) is 13.0 Å². The Bertz CT molecular complexity index is 553. The lowest BCUT2D eigenvalue weighted by Crippen LogP contribution is -2.26. The molecule has 2 rings (SSSR count). The van der Waals surface area contributed by atoms with Crippen molar-refractivity contribution < 1.29 is 19.1 Å². The highest BCUT2D eigenvalue weighted by atomic mass is 16.5. The molecule has 21 heavy (non-hydrogen) atoms. The number of anilines is 1. The van der Waals surface area contributed by atoms with Crippen LogP contribution in [0.3, 0.4) is 0 Å². The molecule has 0 aromatic heterocycles. The number of rotatable bonds is 4. The highest BCUT2D eigenvalue weighted by molar-refractivity contribution is 6.00. The third-order valence-electron chi connectivity index (χ3n) is 3.44. The molecule has 0 spiro atoms. The van der Waals surface area contributed by atoms with Crippen LogP contribution < -0.4 is 10.2 Å². The molecular formula is C15H18N2O4. The van der Waals surface area contributed by atoms with E-state index < -0.39 is 5.92 Å². The minimum atomic E-state index is -0.425. The topological polar surface area (TPSA) is 75.7 Å². The molecule has 1 aromatic carbocycles. The van der Waals surface area contributed by atoms with E-state index in [9.17, 15) is 14.4 Å². The lowest BCUT2D eigenvalue weighted by Gasteiger charge is -2.16. The molecule has 0 bridgehead atoms. The molecule has 1 atom stereocenters. The zero-order valence-electron chi connectivity index (χ0n) is 12.1. The lowest BCUT2D eigenvalue weighted by atomic mass is 10.1. The fourth-order valence-corrected chi connectivity index (χ4v) is 2.34. The van der Waals surface area contributed by atoms with Crippen molar-refractivity contribution in [3.8, 4) is 0 Å². The van der Waals surface area contributed by atoms with Crippen LogP contribution in [0.5, 0.6) is 0 Å². The summed E-state index contributed by atoms with van der Waals surface area (Å²) in [5, 5.41) is 2.71. The van der Waals surface area contributed by atoms with Crippen molar-refractivity contribution >= 4 is 23.5 Å². The van der Waals surface area contributed by atoms with Gasteiger partial charge in [0.15, 0.2) is 0 Å². The largest absolute Gasteiger partial charge is 0.469 e. The van der Waals surface area contributed by atoms with Crippen LogP contribution in [0.2, 0.25) is 0 Å². The Morgan fingerprint density at radius 2 is 2.00 bits per heavy atom. The van der Waals surface area contributed by atoms with Gasteiger partial charge in [-0.3, -0.25) is 14.4 Å². The first kappa shape index (κ1) is 15.0. The first-order valence-corrected chi connectivity index (χ1v) is 6.83. The van der Waals surface area contributed by atoms with Crippen LogP contribution in [-0.4, -0.2) is 38.0 Å². The summed E-state index contributed by atoms with van der Waals surface area (Å²) in [6.07, 6.45) is 0.157. The quantitative estimate of drug-likeness (QED) is 0.838. The molecule has 2 amide bonds. The predicted molar refractivity (Wildman–Crippen MR) is 76.9 cm³/mol. The summed E-state index contributed by atoms with van der Waals surface area (Å²) >= 11 is 0. The summed E-state index contributed by atoms with van der Waals surface area (Å²) in [6.45, 7) is 2.72. The molecule has 1 N–H and O–H groups in total. The van der Waals surface area contributed by atoms with Crippen LogP contribution in [0, 0.1) is 5.92 Å². The number of nitrogens with zero attached hydrogens (tertiary/aromatic N) is 1. The maximum absolute atomic E-state index is 12.0. The van der Waals surface area contributed by atoms with Crippen LogP contribution in [0.25, 0.3) is 0 Å². The van der Waals surface area contributed by atoms with E-state index in [0.29, 0.717) is 24.3 Å². The highest BCUT2D eigenvalue weighted by Crippen LogP contribution is 2.26. The van der Waals surface area contributed by atoms with E-state index in [2.05, 4.69) is 10.1 Å². The van der Waals surface area contributed by atoms with E-state index in [1.165, 1.54) is 7.11 Å². The maximum Gasteiger partial charge on any atom is 0.311 e. The van der Waals surface area contributed by atoms with Crippen molar-refractivity contribution in [3.63, 3.8) is 0 Å². The van der Waals surface area contributed by atoms with E-state index in [0.717, 1.165) is 0 Å². The van der Waals surface area contributed by atoms with Gasteiger partial charge in [0.1, 0.15) is 0 Å². The Hall–Kier alpha value is -2.37. The van der Waals surface area contributed by atoms with Crippen molar-refractivity contribution in [2.45, 2.75) is 13.3 Å². The Balaban J connectivity index is 2.10. The first-order chi connectivity index (χ1) is 10.1. The molecule has 1 saturated heterocycles. The zero-order valence-corrected chi connectivity index (χ0v) is 12.1. The second-order valence-corrected chi connectivity index (χ2v) is 4.83. The Morgan fingerprint density at radius 1 is 1.33 bits per heavy atom. The van der Waals surface area contributed by atoms with Crippen LogP contribution in [0.1, 0.15) is 23.7 Å². The highest BCUT2D eigenvalue weighted by Gasteiger charge is 2.35. The molecule has 1 unspecified atom stereocenters. The molecule has 1 heterocycles. The first-order valence-electron chi connectivity index (χ1n) is 6.83. The SMILES string of the molecule is CCNC(=O)c1ccc(N2CC(C(=O)OC)CC2=O)cc1. The number of amides is 2. The average molecular weight is 290 g/mol. The van der Waals surface area contributed by atoms with E-state index in [-0.39, 0.29) is 24.2 Å². The Kier molecular flexibility index (Phi) is 4.57. The molecule has 0 aliphatic carbocycles. The molecule has 1 aliphatic rings. The minimum absolute atomic E-state index is 0.115. The van der Waals surface area contributed by atoms with E-state index >= 15 is 0 Å². The van der Waals surface area contributed by atoms with Gasteiger partial charge in [0, 0.05) is 30.8 Å². The summed E-state index contributed by atoms with van der Waals surface area (Å²) in [5.41, 5.74) is 1.22. The van der Waals surface area contributed by atoms with Crippen LogP contribution in [0.15, 0.2) is 24.3 Å². The van der Waals surface area contributed by atoms with Gasteiger partial charge in [0.25, 0.3) is 5.91 Å². The van der Waals surface area contributed by atoms with Gasteiger partial charge in [-0.25, -0.2) is 0 Å². The molecule has 6 nitrogen and oxygen atoms in total. The second kappa shape index (κ2) is 6.39. The van der Waals surface area contributed by atoms with Gasteiger partial charge in [-0.1, -0.05) is 0 Å². The normalized spacial score (nSPS) is 17.7. The fourth-order valence-electron chi connectivity index (χ4n) is 2.34. The third kappa shape index (κ3) is 3.21. The monoisotopic (exact) mass is 290 g/mol. The number of ether oxygens (including phenoxy) is 1. The van der Waals surface area contributed by atoms with Gasteiger partial charge in [-0.05, 0) is 31.2 Å². The van der Waals surface area contributed by atoms with Crippen molar-refractivity contribution in [1.29, 1.82) is 0 Å². The number of carbonyl (C=O) groups excluding carboxylic acids is 3. The number of benzene rings is 1. The molecular weight excluding hydrogens is 272 g/mol. The number of carbonyl (C=O) groups is 3. The summed E-state index contributed by atoms with van der Waals surface area (Å²) in [5.74, 6) is -1.06. The number of hydrogen-bond donors (Lipinski definition) is 1. The van der Waals surface area contributed by atoms with Gasteiger partial charge in [0.2, 0.25) is 5.91 Å². The van der Waals surface area contributed by atoms with Gasteiger partial charge < -0.3 is 15.0 Å².